The number of aryl methyl sites for hydroxylation is 1. The number of hydrogen-bond donors (Lipinski definition) is 2. The molecule has 1 unspecified atom stereocenters. The maximum absolute atomic E-state index is 12.8. The van der Waals surface area contributed by atoms with Gasteiger partial charge in [0, 0.05) is 17.8 Å². The van der Waals surface area contributed by atoms with E-state index < -0.39 is 12.1 Å². The van der Waals surface area contributed by atoms with Crippen LogP contribution in [0.5, 0.6) is 0 Å². The van der Waals surface area contributed by atoms with Gasteiger partial charge in [-0.15, -0.1) is 0 Å². The van der Waals surface area contributed by atoms with Gasteiger partial charge in [0.2, 0.25) is 0 Å². The van der Waals surface area contributed by atoms with E-state index in [2.05, 4.69) is 5.32 Å². The van der Waals surface area contributed by atoms with Crippen LogP contribution in [0.2, 0.25) is 5.02 Å². The summed E-state index contributed by atoms with van der Waals surface area (Å²) in [6.45, 7) is 1.69. The largest absolute Gasteiger partial charge is 0.373 e. The van der Waals surface area contributed by atoms with E-state index in [0.29, 0.717) is 11.4 Å². The molecule has 154 valence electrons. The lowest BCUT2D eigenvalue weighted by molar-refractivity contribution is 0.0532. The summed E-state index contributed by atoms with van der Waals surface area (Å²) in [6.07, 6.45) is 6.88. The Kier molecular flexibility index (Phi) is 6.78. The number of nitrogens with zero attached hydrogens (tertiary/aromatic N) is 3. The second-order valence-electron chi connectivity index (χ2n) is 7.50. The summed E-state index contributed by atoms with van der Waals surface area (Å²) in [5.74, 6) is -0.441. The number of imidazole rings is 1. The third kappa shape index (κ3) is 4.72. The smallest absolute Gasteiger partial charge is 0.333 e. The molecule has 2 aromatic rings. The Bertz CT molecular complexity index is 981. The second-order valence-corrected chi connectivity index (χ2v) is 7.91. The van der Waals surface area contributed by atoms with Crippen molar-refractivity contribution in [3.63, 3.8) is 0 Å². The van der Waals surface area contributed by atoms with Crippen LogP contribution < -0.4 is 11.0 Å². The van der Waals surface area contributed by atoms with Gasteiger partial charge in [-0.2, -0.15) is 5.26 Å². The van der Waals surface area contributed by atoms with Gasteiger partial charge in [0.1, 0.15) is 12.8 Å². The molecule has 0 spiro atoms. The number of amides is 1. The van der Waals surface area contributed by atoms with Crippen molar-refractivity contribution in [1.29, 1.82) is 5.26 Å². The van der Waals surface area contributed by atoms with Crippen molar-refractivity contribution in [1.82, 2.24) is 14.5 Å². The maximum atomic E-state index is 12.8. The molecule has 29 heavy (non-hydrogen) atoms. The van der Waals surface area contributed by atoms with E-state index in [1.807, 2.05) is 6.07 Å². The molecule has 0 bridgehead atoms. The minimum atomic E-state index is -0.929. The molecule has 1 fully saturated rings. The number of hydrogen-bond acceptors (Lipinski definition) is 4. The molecule has 1 aromatic heterocycles. The summed E-state index contributed by atoms with van der Waals surface area (Å²) in [6, 6.07) is 6.67. The maximum Gasteiger partial charge on any atom is 0.333 e. The zero-order valence-corrected chi connectivity index (χ0v) is 17.2. The van der Waals surface area contributed by atoms with Crippen molar-refractivity contribution in [3.8, 4) is 11.8 Å². The summed E-state index contributed by atoms with van der Waals surface area (Å²) in [7, 11) is 0. The first kappa shape index (κ1) is 21.2. The molecule has 1 aromatic carbocycles. The number of nitriles is 1. The molecule has 1 aliphatic carbocycles. The quantitative estimate of drug-likeness (QED) is 0.577. The van der Waals surface area contributed by atoms with Gasteiger partial charge >= 0.3 is 5.69 Å². The van der Waals surface area contributed by atoms with Crippen LogP contribution in [0.1, 0.15) is 54.6 Å². The summed E-state index contributed by atoms with van der Waals surface area (Å²) >= 11 is 6.22. The standard InChI is InChI=1S/C21H25ClN4O3/c1-14-13-26(21(29)25(14)11-10-23)16-8-9-18(22)17(12-16)20(28)24-19(27)15-6-4-2-3-5-7-15/h8-9,12-13,15,19,27H,2-7,11H2,1H3,(H,24,28). The van der Waals surface area contributed by atoms with Gasteiger partial charge in [0.05, 0.1) is 22.3 Å². The van der Waals surface area contributed by atoms with Crippen molar-refractivity contribution in [2.24, 2.45) is 5.92 Å². The van der Waals surface area contributed by atoms with Gasteiger partial charge in [0.25, 0.3) is 5.91 Å². The molecule has 1 saturated carbocycles. The average Bonchev–Trinajstić information content (AvgIpc) is 2.89. The zero-order valence-electron chi connectivity index (χ0n) is 16.4. The Balaban J connectivity index is 1.84. The highest BCUT2D eigenvalue weighted by molar-refractivity contribution is 6.33. The van der Waals surface area contributed by atoms with Crippen LogP contribution in [-0.4, -0.2) is 26.4 Å². The van der Waals surface area contributed by atoms with Crippen molar-refractivity contribution < 1.29 is 9.90 Å². The molecule has 8 heteroatoms. The summed E-state index contributed by atoms with van der Waals surface area (Å²) in [5, 5.41) is 22.3. The number of carbonyl (C=O) groups is 1. The van der Waals surface area contributed by atoms with Crippen LogP contribution in [0.3, 0.4) is 0 Å². The predicted molar refractivity (Wildman–Crippen MR) is 110 cm³/mol. The predicted octanol–water partition coefficient (Wildman–Crippen LogP) is 3.14. The van der Waals surface area contributed by atoms with E-state index in [1.165, 1.54) is 15.2 Å². The number of rotatable bonds is 5. The number of carbonyl (C=O) groups excluding carboxylic acids is 1. The lowest BCUT2D eigenvalue weighted by Gasteiger charge is -2.22. The van der Waals surface area contributed by atoms with Crippen LogP contribution in [0, 0.1) is 24.2 Å². The molecule has 1 atom stereocenters. The number of aromatic nitrogens is 2. The van der Waals surface area contributed by atoms with Gasteiger partial charge in [-0.3, -0.25) is 13.9 Å². The molecule has 1 amide bonds. The number of aliphatic hydroxyl groups is 1. The van der Waals surface area contributed by atoms with E-state index in [-0.39, 0.29) is 28.7 Å². The third-order valence-corrected chi connectivity index (χ3v) is 5.84. The SMILES string of the molecule is Cc1cn(-c2ccc(Cl)c(C(=O)NC(O)C3CCCCCC3)c2)c(=O)n1CC#N. The Hall–Kier alpha value is -2.56. The number of benzene rings is 1. The lowest BCUT2D eigenvalue weighted by atomic mass is 9.98. The Morgan fingerprint density at radius 1 is 1.34 bits per heavy atom. The molecule has 0 radical (unpaired) electrons. The number of halogens is 1. The van der Waals surface area contributed by atoms with E-state index >= 15 is 0 Å². The highest BCUT2D eigenvalue weighted by Crippen LogP contribution is 2.26. The van der Waals surface area contributed by atoms with Crippen LogP contribution >= 0.6 is 11.6 Å². The first-order valence-electron chi connectivity index (χ1n) is 9.87. The molecule has 0 saturated heterocycles. The van der Waals surface area contributed by atoms with Gasteiger partial charge < -0.3 is 10.4 Å². The summed E-state index contributed by atoms with van der Waals surface area (Å²) in [4.78, 5) is 25.3. The molecule has 7 nitrogen and oxygen atoms in total. The first-order valence-corrected chi connectivity index (χ1v) is 10.2. The van der Waals surface area contributed by atoms with Crippen LogP contribution in [0.25, 0.3) is 5.69 Å². The first-order chi connectivity index (χ1) is 13.9. The topological polar surface area (TPSA) is 100 Å². The molecule has 3 rings (SSSR count). The fraction of sp³-hybridized carbons (Fsp3) is 0.476. The van der Waals surface area contributed by atoms with Gasteiger partial charge in [0.15, 0.2) is 0 Å². The van der Waals surface area contributed by atoms with E-state index in [1.54, 1.807) is 25.3 Å². The molecule has 2 N–H and O–H groups in total. The monoisotopic (exact) mass is 416 g/mol. The van der Waals surface area contributed by atoms with Crippen molar-refractivity contribution in [2.75, 3.05) is 0 Å². The minimum Gasteiger partial charge on any atom is -0.373 e. The highest BCUT2D eigenvalue weighted by Gasteiger charge is 2.24. The van der Waals surface area contributed by atoms with Crippen LogP contribution in [-0.2, 0) is 6.54 Å². The fourth-order valence-electron chi connectivity index (χ4n) is 3.83. The van der Waals surface area contributed by atoms with Gasteiger partial charge in [-0.05, 0) is 38.0 Å². The lowest BCUT2D eigenvalue weighted by Crippen LogP contribution is -2.40. The zero-order chi connectivity index (χ0) is 21.0. The van der Waals surface area contributed by atoms with Crippen molar-refractivity contribution >= 4 is 17.5 Å². The molecule has 0 aliphatic heterocycles. The molecule has 1 heterocycles. The van der Waals surface area contributed by atoms with Crippen molar-refractivity contribution in [3.05, 3.63) is 51.2 Å². The fourth-order valence-corrected chi connectivity index (χ4v) is 4.04. The van der Waals surface area contributed by atoms with Gasteiger partial charge in [-0.25, -0.2) is 4.79 Å². The Morgan fingerprint density at radius 2 is 2.03 bits per heavy atom. The van der Waals surface area contributed by atoms with Crippen LogP contribution in [0.15, 0.2) is 29.2 Å². The average molecular weight is 417 g/mol. The molecular formula is C21H25ClN4O3. The molecule has 1 aliphatic rings. The number of aliphatic hydroxyl groups excluding tert-OH is 1. The third-order valence-electron chi connectivity index (χ3n) is 5.51. The summed E-state index contributed by atoms with van der Waals surface area (Å²) in [5.41, 5.74) is 0.931. The van der Waals surface area contributed by atoms with Gasteiger partial charge in [-0.1, -0.05) is 37.3 Å². The van der Waals surface area contributed by atoms with E-state index in [4.69, 9.17) is 16.9 Å². The van der Waals surface area contributed by atoms with Crippen molar-refractivity contribution in [2.45, 2.75) is 58.2 Å². The summed E-state index contributed by atoms with van der Waals surface area (Å²) < 4.78 is 2.73. The van der Waals surface area contributed by atoms with Crippen LogP contribution in [0.4, 0.5) is 0 Å². The highest BCUT2D eigenvalue weighted by atomic mass is 35.5. The normalized spacial score (nSPS) is 16.1. The Morgan fingerprint density at radius 3 is 2.69 bits per heavy atom. The molecular weight excluding hydrogens is 392 g/mol. The Labute approximate surface area is 174 Å². The van der Waals surface area contributed by atoms with E-state index in [0.717, 1.165) is 38.5 Å². The number of nitrogens with one attached hydrogen (secondary N) is 1. The van der Waals surface area contributed by atoms with E-state index in [9.17, 15) is 14.7 Å². The second kappa shape index (κ2) is 9.29. The minimum absolute atomic E-state index is 0.0358.